The standard InChI is InChI=1S/C14H17NO2/c1-15(9-3-6-14(16)17)13-8-7-11-4-2-5-12(11)10-13/h3,6-8,10H,2,4-5,9H2,1H3,(H,16,17)/b6-3+. The van der Waals surface area contributed by atoms with E-state index in [1.54, 1.807) is 6.08 Å². The van der Waals surface area contributed by atoms with E-state index in [0.717, 1.165) is 5.69 Å². The highest BCUT2D eigenvalue weighted by molar-refractivity contribution is 5.79. The summed E-state index contributed by atoms with van der Waals surface area (Å²) in [6, 6.07) is 6.52. The van der Waals surface area contributed by atoms with Crippen molar-refractivity contribution in [3.63, 3.8) is 0 Å². The lowest BCUT2D eigenvalue weighted by molar-refractivity contribution is -0.131. The monoisotopic (exact) mass is 231 g/mol. The van der Waals surface area contributed by atoms with E-state index in [1.807, 2.05) is 7.05 Å². The fraction of sp³-hybridized carbons (Fsp3) is 0.357. The molecule has 0 spiro atoms. The second-order valence-corrected chi connectivity index (χ2v) is 4.43. The molecule has 0 amide bonds. The smallest absolute Gasteiger partial charge is 0.328 e. The van der Waals surface area contributed by atoms with E-state index < -0.39 is 5.97 Å². The average Bonchev–Trinajstić information content (AvgIpc) is 2.75. The predicted octanol–water partition coefficient (Wildman–Crippen LogP) is 2.25. The Morgan fingerprint density at radius 3 is 2.94 bits per heavy atom. The lowest BCUT2D eigenvalue weighted by atomic mass is 10.1. The molecule has 90 valence electrons. The third-order valence-corrected chi connectivity index (χ3v) is 3.16. The number of fused-ring (bicyclic) bond motifs is 1. The van der Waals surface area contributed by atoms with E-state index in [1.165, 1.54) is 36.5 Å². The summed E-state index contributed by atoms with van der Waals surface area (Å²) >= 11 is 0. The van der Waals surface area contributed by atoms with Gasteiger partial charge >= 0.3 is 5.97 Å². The molecule has 1 N–H and O–H groups in total. The molecule has 0 fully saturated rings. The van der Waals surface area contributed by atoms with Crippen LogP contribution in [0.15, 0.2) is 30.4 Å². The maximum absolute atomic E-state index is 10.4. The summed E-state index contributed by atoms with van der Waals surface area (Å²) in [7, 11) is 1.98. The SMILES string of the molecule is CN(C/C=C/C(=O)O)c1ccc2c(c1)CCC2. The Hall–Kier alpha value is -1.77. The normalized spacial score (nSPS) is 13.9. The Bertz CT molecular complexity index is 452. The second kappa shape index (κ2) is 5.04. The van der Waals surface area contributed by atoms with E-state index in [-0.39, 0.29) is 0 Å². The zero-order valence-electron chi connectivity index (χ0n) is 10.0. The number of aliphatic carboxylic acids is 1. The van der Waals surface area contributed by atoms with Crippen LogP contribution >= 0.6 is 0 Å². The van der Waals surface area contributed by atoms with Crippen molar-refractivity contribution in [2.75, 3.05) is 18.5 Å². The molecule has 1 aromatic carbocycles. The number of rotatable bonds is 4. The summed E-state index contributed by atoms with van der Waals surface area (Å²) in [6.45, 7) is 0.616. The number of nitrogens with zero attached hydrogens (tertiary/aromatic N) is 1. The van der Waals surface area contributed by atoms with Crippen LogP contribution < -0.4 is 4.90 Å². The molecule has 0 bridgehead atoms. The number of carboxylic acid groups (broad SMARTS) is 1. The van der Waals surface area contributed by atoms with Gasteiger partial charge in [0.2, 0.25) is 0 Å². The van der Waals surface area contributed by atoms with Crippen LogP contribution in [0.3, 0.4) is 0 Å². The molecular weight excluding hydrogens is 214 g/mol. The number of carbonyl (C=O) groups is 1. The fourth-order valence-corrected chi connectivity index (χ4v) is 2.21. The van der Waals surface area contributed by atoms with E-state index in [2.05, 4.69) is 23.1 Å². The van der Waals surface area contributed by atoms with Crippen molar-refractivity contribution < 1.29 is 9.90 Å². The number of hydrogen-bond acceptors (Lipinski definition) is 2. The van der Waals surface area contributed by atoms with Crippen molar-refractivity contribution in [2.45, 2.75) is 19.3 Å². The van der Waals surface area contributed by atoms with E-state index >= 15 is 0 Å². The summed E-state index contributed by atoms with van der Waals surface area (Å²) in [5.74, 6) is -0.896. The third kappa shape index (κ3) is 2.87. The highest BCUT2D eigenvalue weighted by atomic mass is 16.4. The van der Waals surface area contributed by atoms with Crippen LogP contribution in [0.25, 0.3) is 0 Å². The first-order chi connectivity index (χ1) is 8.16. The minimum atomic E-state index is -0.896. The molecule has 0 atom stereocenters. The number of aryl methyl sites for hydroxylation is 2. The van der Waals surface area contributed by atoms with Gasteiger partial charge in [0.25, 0.3) is 0 Å². The van der Waals surface area contributed by atoms with Gasteiger partial charge in [0, 0.05) is 25.4 Å². The van der Waals surface area contributed by atoms with Gasteiger partial charge in [-0.3, -0.25) is 0 Å². The lowest BCUT2D eigenvalue weighted by Crippen LogP contribution is -2.17. The number of likely N-dealkylation sites (N-methyl/N-ethyl adjacent to an activating group) is 1. The maximum atomic E-state index is 10.4. The topological polar surface area (TPSA) is 40.5 Å². The molecule has 1 aliphatic rings. The first-order valence-corrected chi connectivity index (χ1v) is 5.89. The van der Waals surface area contributed by atoms with Gasteiger partial charge in [-0.25, -0.2) is 4.79 Å². The Kier molecular flexibility index (Phi) is 3.47. The molecule has 3 nitrogen and oxygen atoms in total. The molecule has 17 heavy (non-hydrogen) atoms. The summed E-state index contributed by atoms with van der Waals surface area (Å²) < 4.78 is 0. The third-order valence-electron chi connectivity index (χ3n) is 3.16. The predicted molar refractivity (Wildman–Crippen MR) is 68.5 cm³/mol. The minimum absolute atomic E-state index is 0.616. The second-order valence-electron chi connectivity index (χ2n) is 4.43. The number of benzene rings is 1. The van der Waals surface area contributed by atoms with Crippen molar-refractivity contribution in [1.29, 1.82) is 0 Å². The Balaban J connectivity index is 2.04. The van der Waals surface area contributed by atoms with Gasteiger partial charge in [0.1, 0.15) is 0 Å². The highest BCUT2D eigenvalue weighted by Gasteiger charge is 2.11. The Morgan fingerprint density at radius 2 is 2.18 bits per heavy atom. The molecule has 0 aromatic heterocycles. The fourth-order valence-electron chi connectivity index (χ4n) is 2.21. The van der Waals surface area contributed by atoms with Crippen molar-refractivity contribution in [3.8, 4) is 0 Å². The summed E-state index contributed by atoms with van der Waals surface area (Å²) in [5, 5.41) is 8.52. The van der Waals surface area contributed by atoms with Crippen molar-refractivity contribution in [2.24, 2.45) is 0 Å². The molecule has 0 radical (unpaired) electrons. The number of anilines is 1. The van der Waals surface area contributed by atoms with Gasteiger partial charge in [0.15, 0.2) is 0 Å². The zero-order chi connectivity index (χ0) is 12.3. The van der Waals surface area contributed by atoms with Gasteiger partial charge in [-0.05, 0) is 42.5 Å². The maximum Gasteiger partial charge on any atom is 0.328 e. The first-order valence-electron chi connectivity index (χ1n) is 5.89. The molecular formula is C14H17NO2. The molecule has 1 aliphatic carbocycles. The van der Waals surface area contributed by atoms with Gasteiger partial charge in [-0.15, -0.1) is 0 Å². The molecule has 0 saturated carbocycles. The van der Waals surface area contributed by atoms with Crippen LogP contribution in [0, 0.1) is 0 Å². The Morgan fingerprint density at radius 1 is 1.41 bits per heavy atom. The molecule has 0 saturated heterocycles. The van der Waals surface area contributed by atoms with E-state index in [4.69, 9.17) is 5.11 Å². The summed E-state index contributed by atoms with van der Waals surface area (Å²) in [4.78, 5) is 12.4. The summed E-state index contributed by atoms with van der Waals surface area (Å²) in [5.41, 5.74) is 4.06. The minimum Gasteiger partial charge on any atom is -0.478 e. The molecule has 0 aliphatic heterocycles. The Labute approximate surface area is 101 Å². The van der Waals surface area contributed by atoms with Gasteiger partial charge in [0.05, 0.1) is 0 Å². The average molecular weight is 231 g/mol. The lowest BCUT2D eigenvalue weighted by Gasteiger charge is -2.18. The quantitative estimate of drug-likeness (QED) is 0.808. The van der Waals surface area contributed by atoms with Crippen LogP contribution in [0.5, 0.6) is 0 Å². The van der Waals surface area contributed by atoms with E-state index in [9.17, 15) is 4.79 Å². The van der Waals surface area contributed by atoms with E-state index in [0.29, 0.717) is 6.54 Å². The van der Waals surface area contributed by atoms with Gasteiger partial charge < -0.3 is 10.0 Å². The van der Waals surface area contributed by atoms with Crippen molar-refractivity contribution in [3.05, 3.63) is 41.5 Å². The van der Waals surface area contributed by atoms with Crippen LogP contribution in [-0.4, -0.2) is 24.7 Å². The molecule has 0 unspecified atom stereocenters. The number of carboxylic acids is 1. The molecule has 2 rings (SSSR count). The highest BCUT2D eigenvalue weighted by Crippen LogP contribution is 2.26. The summed E-state index contributed by atoms with van der Waals surface area (Å²) in [6.07, 6.45) is 6.46. The van der Waals surface area contributed by atoms with Gasteiger partial charge in [-0.1, -0.05) is 12.1 Å². The van der Waals surface area contributed by atoms with Crippen molar-refractivity contribution in [1.82, 2.24) is 0 Å². The van der Waals surface area contributed by atoms with Crippen LogP contribution in [0.4, 0.5) is 5.69 Å². The number of hydrogen-bond donors (Lipinski definition) is 1. The van der Waals surface area contributed by atoms with Crippen LogP contribution in [-0.2, 0) is 17.6 Å². The molecule has 0 heterocycles. The zero-order valence-corrected chi connectivity index (χ0v) is 10.0. The molecule has 3 heteroatoms. The molecule has 1 aromatic rings. The van der Waals surface area contributed by atoms with Crippen LogP contribution in [0.2, 0.25) is 0 Å². The van der Waals surface area contributed by atoms with Crippen molar-refractivity contribution >= 4 is 11.7 Å². The van der Waals surface area contributed by atoms with Gasteiger partial charge in [-0.2, -0.15) is 0 Å². The van der Waals surface area contributed by atoms with Crippen LogP contribution in [0.1, 0.15) is 17.5 Å². The largest absolute Gasteiger partial charge is 0.478 e. The first kappa shape index (κ1) is 11.7.